The number of aromatic nitrogens is 7. The highest BCUT2D eigenvalue weighted by Crippen LogP contribution is 2.69. The van der Waals surface area contributed by atoms with Crippen molar-refractivity contribution in [3.63, 3.8) is 0 Å². The van der Waals surface area contributed by atoms with E-state index in [2.05, 4.69) is 39.1 Å². The lowest BCUT2D eigenvalue weighted by Gasteiger charge is -2.37. The molecule has 0 unspecified atom stereocenters. The first-order valence-corrected chi connectivity index (χ1v) is 12.1. The minimum atomic E-state index is -1.23. The van der Waals surface area contributed by atoms with E-state index in [-0.39, 0.29) is 34.4 Å². The van der Waals surface area contributed by atoms with Gasteiger partial charge in [-0.3, -0.25) is 0 Å². The van der Waals surface area contributed by atoms with Crippen molar-refractivity contribution in [2.45, 2.75) is 57.2 Å². The molecular weight excluding hydrogens is 480 g/mol. The third kappa shape index (κ3) is 3.27. The molecule has 9 nitrogen and oxygen atoms in total. The van der Waals surface area contributed by atoms with Gasteiger partial charge in [0.15, 0.2) is 5.82 Å². The number of hydrogen-bond acceptors (Lipinski definition) is 8. The third-order valence-electron chi connectivity index (χ3n) is 8.12. The highest BCUT2D eigenvalue weighted by Gasteiger charge is 2.65. The molecule has 37 heavy (non-hydrogen) atoms. The van der Waals surface area contributed by atoms with Crippen LogP contribution in [0.25, 0.3) is 17.2 Å². The predicted molar refractivity (Wildman–Crippen MR) is 128 cm³/mol. The topological polar surface area (TPSA) is 123 Å². The lowest BCUT2D eigenvalue weighted by molar-refractivity contribution is 0.0249. The largest absolute Gasteiger partial charge is 0.390 e. The molecule has 2 aliphatic carbocycles. The number of fused-ring (bicyclic) bond motifs is 5. The lowest BCUT2D eigenvalue weighted by atomic mass is 9.66. The lowest BCUT2D eigenvalue weighted by Crippen LogP contribution is -2.38. The first-order valence-electron chi connectivity index (χ1n) is 12.1. The number of aliphatic hydroxyl groups excluding tert-OH is 2. The van der Waals surface area contributed by atoms with Gasteiger partial charge in [0.05, 0.1) is 34.2 Å². The van der Waals surface area contributed by atoms with Crippen molar-refractivity contribution < 1.29 is 19.0 Å². The maximum Gasteiger partial charge on any atom is 0.252 e. The molecule has 1 fully saturated rings. The quantitative estimate of drug-likeness (QED) is 0.423. The zero-order valence-corrected chi connectivity index (χ0v) is 20.5. The Balaban J connectivity index is 1.46. The van der Waals surface area contributed by atoms with Crippen LogP contribution in [0.3, 0.4) is 0 Å². The molecule has 2 aliphatic rings. The summed E-state index contributed by atoms with van der Waals surface area (Å²) < 4.78 is 30.4. The van der Waals surface area contributed by atoms with E-state index in [9.17, 15) is 19.0 Å². The van der Waals surface area contributed by atoms with Crippen LogP contribution in [0, 0.1) is 17.0 Å². The average Bonchev–Trinajstić information content (AvgIpc) is 3.52. The summed E-state index contributed by atoms with van der Waals surface area (Å²) in [5.74, 6) is -0.939. The maximum absolute atomic E-state index is 14.5. The van der Waals surface area contributed by atoms with Crippen LogP contribution in [-0.4, -0.2) is 51.2 Å². The van der Waals surface area contributed by atoms with E-state index in [0.29, 0.717) is 0 Å². The van der Waals surface area contributed by atoms with Gasteiger partial charge in [0, 0.05) is 6.20 Å². The van der Waals surface area contributed by atoms with Gasteiger partial charge in [0.25, 0.3) is 5.95 Å². The summed E-state index contributed by atoms with van der Waals surface area (Å²) >= 11 is 0. The molecule has 3 aromatic heterocycles. The minimum absolute atomic E-state index is 0.0633. The van der Waals surface area contributed by atoms with Crippen molar-refractivity contribution in [2.75, 3.05) is 0 Å². The Morgan fingerprint density at radius 1 is 1.08 bits per heavy atom. The van der Waals surface area contributed by atoms with Crippen LogP contribution in [0.2, 0.25) is 0 Å². The second-order valence-corrected chi connectivity index (χ2v) is 10.3. The Bertz CT molecular complexity index is 1500. The molecule has 190 valence electrons. The van der Waals surface area contributed by atoms with Gasteiger partial charge < -0.3 is 10.2 Å². The van der Waals surface area contributed by atoms with Crippen molar-refractivity contribution in [3.05, 3.63) is 77.3 Å². The van der Waals surface area contributed by atoms with E-state index in [1.165, 1.54) is 36.1 Å². The van der Waals surface area contributed by atoms with E-state index in [1.54, 1.807) is 12.3 Å². The van der Waals surface area contributed by atoms with Crippen LogP contribution in [0.5, 0.6) is 0 Å². The van der Waals surface area contributed by atoms with Crippen LogP contribution in [0.1, 0.15) is 68.4 Å². The predicted octanol–water partition coefficient (Wildman–Crippen LogP) is 3.41. The smallest absolute Gasteiger partial charge is 0.252 e. The van der Waals surface area contributed by atoms with Gasteiger partial charge in [-0.2, -0.15) is 9.78 Å². The Morgan fingerprint density at radius 2 is 1.84 bits per heavy atom. The Morgan fingerprint density at radius 3 is 2.57 bits per heavy atom. The first-order chi connectivity index (χ1) is 17.6. The van der Waals surface area contributed by atoms with E-state index < -0.39 is 29.3 Å². The molecule has 0 aliphatic heterocycles. The van der Waals surface area contributed by atoms with Gasteiger partial charge in [-0.1, -0.05) is 19.9 Å². The molecule has 2 N–H and O–H groups in total. The molecule has 1 saturated carbocycles. The molecule has 3 heterocycles. The summed E-state index contributed by atoms with van der Waals surface area (Å²) in [7, 11) is 0. The van der Waals surface area contributed by atoms with E-state index in [1.807, 2.05) is 6.07 Å². The molecule has 2 bridgehead atoms. The molecule has 4 atom stereocenters. The second kappa shape index (κ2) is 8.15. The summed E-state index contributed by atoms with van der Waals surface area (Å²) in [6.07, 6.45) is 2.39. The van der Waals surface area contributed by atoms with Crippen LogP contribution in [0.15, 0.2) is 42.9 Å². The van der Waals surface area contributed by atoms with Crippen molar-refractivity contribution in [3.8, 4) is 17.2 Å². The SMILES string of the molecule is C[C@@H](O)[C@@H](O)c1ncn(-c2nccc([C@]34CC[C@@H](c5cc(-c6c(F)cccc6F)nnc53)C4(C)C)n2)n1. The Kier molecular flexibility index (Phi) is 5.22. The number of hydrogen-bond donors (Lipinski definition) is 2. The summed E-state index contributed by atoms with van der Waals surface area (Å²) in [5.41, 5.74) is 1.50. The van der Waals surface area contributed by atoms with Crippen molar-refractivity contribution >= 4 is 0 Å². The fourth-order valence-electron chi connectivity index (χ4n) is 6.18. The monoisotopic (exact) mass is 505 g/mol. The highest BCUT2D eigenvalue weighted by molar-refractivity contribution is 5.64. The van der Waals surface area contributed by atoms with Crippen molar-refractivity contribution in [1.82, 2.24) is 34.9 Å². The molecule has 1 aromatic carbocycles. The maximum atomic E-state index is 14.5. The number of benzene rings is 1. The molecular formula is C26H25F2N7O2. The zero-order chi connectivity index (χ0) is 26.1. The molecule has 4 aromatic rings. The Labute approximate surface area is 211 Å². The summed E-state index contributed by atoms with van der Waals surface area (Å²) in [4.78, 5) is 13.3. The summed E-state index contributed by atoms with van der Waals surface area (Å²) in [5, 5.41) is 32.8. The van der Waals surface area contributed by atoms with E-state index in [4.69, 9.17) is 4.98 Å². The standard InChI is InChI=1S/C26H25F2N7O2/c1-13(36)21(37)23-30-12-35(34-23)24-29-10-8-19(31-24)26-9-7-15(25(26,2)3)14-11-18(32-33-22(14)26)20-16(27)5-4-6-17(20)28/h4-6,8,10-13,15,21,36-37H,7,9H2,1-3H3/t13-,15+,21-,26-/m1/s1. The van der Waals surface area contributed by atoms with Gasteiger partial charge >= 0.3 is 0 Å². The highest BCUT2D eigenvalue weighted by atomic mass is 19.1. The summed E-state index contributed by atoms with van der Waals surface area (Å²) in [6, 6.07) is 7.36. The number of aliphatic hydroxyl groups is 2. The van der Waals surface area contributed by atoms with Crippen LogP contribution >= 0.6 is 0 Å². The normalized spacial score (nSPS) is 23.2. The molecule has 6 rings (SSSR count). The van der Waals surface area contributed by atoms with E-state index in [0.717, 1.165) is 29.8 Å². The first kappa shape index (κ1) is 23.7. The second-order valence-electron chi connectivity index (χ2n) is 10.3. The molecule has 0 saturated heterocycles. The number of rotatable bonds is 5. The molecule has 11 heteroatoms. The Hall–Kier alpha value is -3.70. The molecule has 0 amide bonds. The van der Waals surface area contributed by atoms with Crippen molar-refractivity contribution in [1.29, 1.82) is 0 Å². The third-order valence-corrected chi connectivity index (χ3v) is 8.12. The van der Waals surface area contributed by atoms with Crippen LogP contribution in [0.4, 0.5) is 8.78 Å². The van der Waals surface area contributed by atoms with E-state index >= 15 is 0 Å². The average molecular weight is 506 g/mol. The fraction of sp³-hybridized carbons (Fsp3) is 0.385. The van der Waals surface area contributed by atoms with Crippen molar-refractivity contribution in [2.24, 2.45) is 5.41 Å². The number of halogens is 2. The summed E-state index contributed by atoms with van der Waals surface area (Å²) in [6.45, 7) is 5.76. The number of nitrogens with zero attached hydrogens (tertiary/aromatic N) is 7. The fourth-order valence-corrected chi connectivity index (χ4v) is 6.18. The van der Waals surface area contributed by atoms with Gasteiger partial charge in [-0.25, -0.2) is 23.7 Å². The van der Waals surface area contributed by atoms with Gasteiger partial charge in [0.1, 0.15) is 24.1 Å². The molecule has 0 spiro atoms. The van der Waals surface area contributed by atoms with Gasteiger partial charge in [-0.15, -0.1) is 10.2 Å². The van der Waals surface area contributed by atoms with Crippen LogP contribution in [-0.2, 0) is 5.41 Å². The van der Waals surface area contributed by atoms with Gasteiger partial charge in [-0.05, 0) is 60.9 Å². The minimum Gasteiger partial charge on any atom is -0.390 e. The molecule has 0 radical (unpaired) electrons. The zero-order valence-electron chi connectivity index (χ0n) is 20.5. The van der Waals surface area contributed by atoms with Gasteiger partial charge in [0.2, 0.25) is 0 Å². The van der Waals surface area contributed by atoms with Crippen LogP contribution < -0.4 is 0 Å².